The molecular formula is C20H33F3IN5O. The molecule has 1 aromatic carbocycles. The Bertz CT molecular complexity index is 640. The highest BCUT2D eigenvalue weighted by molar-refractivity contribution is 14.0. The van der Waals surface area contributed by atoms with Gasteiger partial charge >= 0.3 is 6.18 Å². The minimum absolute atomic E-state index is 0. The molecule has 0 spiro atoms. The quantitative estimate of drug-likeness (QED) is 0.217. The van der Waals surface area contributed by atoms with E-state index in [1.165, 1.54) is 4.90 Å². The van der Waals surface area contributed by atoms with Gasteiger partial charge in [0.25, 0.3) is 0 Å². The maximum Gasteiger partial charge on any atom is 0.401 e. The largest absolute Gasteiger partial charge is 0.494 e. The van der Waals surface area contributed by atoms with Gasteiger partial charge in [0.05, 0.1) is 13.2 Å². The molecule has 2 rings (SSSR count). The lowest BCUT2D eigenvalue weighted by molar-refractivity contribution is -0.143. The van der Waals surface area contributed by atoms with Gasteiger partial charge < -0.3 is 20.3 Å². The van der Waals surface area contributed by atoms with Crippen LogP contribution in [0.1, 0.15) is 18.4 Å². The van der Waals surface area contributed by atoms with Gasteiger partial charge in [0.1, 0.15) is 5.75 Å². The van der Waals surface area contributed by atoms with Crippen molar-refractivity contribution in [2.24, 2.45) is 4.99 Å². The fourth-order valence-corrected chi connectivity index (χ4v) is 3.20. The smallest absolute Gasteiger partial charge is 0.401 e. The molecule has 2 N–H and O–H groups in total. The molecule has 0 aromatic heterocycles. The van der Waals surface area contributed by atoms with E-state index in [2.05, 4.69) is 20.5 Å². The molecule has 1 aliphatic rings. The Balaban J connectivity index is 0.00000450. The van der Waals surface area contributed by atoms with Crippen molar-refractivity contribution in [1.29, 1.82) is 0 Å². The summed E-state index contributed by atoms with van der Waals surface area (Å²) in [5, 5.41) is 6.42. The zero-order chi connectivity index (χ0) is 21.3. The summed E-state index contributed by atoms with van der Waals surface area (Å²) in [5.41, 5.74) is 1.07. The second kappa shape index (κ2) is 13.2. The van der Waals surface area contributed by atoms with E-state index < -0.39 is 12.7 Å². The predicted octanol–water partition coefficient (Wildman–Crippen LogP) is 2.94. The third kappa shape index (κ3) is 10.7. The number of rotatable bonds is 9. The van der Waals surface area contributed by atoms with E-state index in [9.17, 15) is 13.2 Å². The molecule has 1 aliphatic heterocycles. The number of hydrogen-bond acceptors (Lipinski definition) is 4. The number of aliphatic imine (C=N–C) groups is 1. The SMILES string of the molecule is CN=C(NCc1ccc(OCCCN(C)C)cc1)NC1CCN(CC(F)(F)F)C1.I. The number of alkyl halides is 3. The highest BCUT2D eigenvalue weighted by Gasteiger charge is 2.34. The van der Waals surface area contributed by atoms with Crippen molar-refractivity contribution in [3.63, 3.8) is 0 Å². The molecule has 0 radical (unpaired) electrons. The number of nitrogens with one attached hydrogen (secondary N) is 2. The summed E-state index contributed by atoms with van der Waals surface area (Å²) < 4.78 is 43.3. The van der Waals surface area contributed by atoms with Crippen LogP contribution in [0.25, 0.3) is 0 Å². The minimum Gasteiger partial charge on any atom is -0.494 e. The molecule has 172 valence electrons. The van der Waals surface area contributed by atoms with Crippen molar-refractivity contribution < 1.29 is 17.9 Å². The Kier molecular flexibility index (Phi) is 11.8. The maximum absolute atomic E-state index is 12.5. The van der Waals surface area contributed by atoms with Crippen molar-refractivity contribution in [1.82, 2.24) is 20.4 Å². The Labute approximate surface area is 194 Å². The molecule has 1 fully saturated rings. The summed E-state index contributed by atoms with van der Waals surface area (Å²) >= 11 is 0. The van der Waals surface area contributed by atoms with Crippen LogP contribution in [0.15, 0.2) is 29.3 Å². The first-order valence-corrected chi connectivity index (χ1v) is 9.88. The van der Waals surface area contributed by atoms with Crippen LogP contribution in [0.2, 0.25) is 0 Å². The van der Waals surface area contributed by atoms with Gasteiger partial charge in [-0.15, -0.1) is 24.0 Å². The van der Waals surface area contributed by atoms with Gasteiger partial charge in [0.2, 0.25) is 0 Å². The number of hydrogen-bond donors (Lipinski definition) is 2. The van der Waals surface area contributed by atoms with Gasteiger partial charge in [-0.1, -0.05) is 12.1 Å². The van der Waals surface area contributed by atoms with Gasteiger partial charge in [-0.2, -0.15) is 13.2 Å². The van der Waals surface area contributed by atoms with Crippen LogP contribution in [0.3, 0.4) is 0 Å². The van der Waals surface area contributed by atoms with Crippen molar-refractivity contribution in [2.75, 3.05) is 53.9 Å². The Hall–Kier alpha value is -1.27. The van der Waals surface area contributed by atoms with Crippen molar-refractivity contribution >= 4 is 29.9 Å². The van der Waals surface area contributed by atoms with Crippen LogP contribution in [0.5, 0.6) is 5.75 Å². The fraction of sp³-hybridized carbons (Fsp3) is 0.650. The molecular weight excluding hydrogens is 510 g/mol. The van der Waals surface area contributed by atoms with E-state index in [1.54, 1.807) is 7.05 Å². The van der Waals surface area contributed by atoms with E-state index in [-0.39, 0.29) is 30.0 Å². The maximum atomic E-state index is 12.5. The van der Waals surface area contributed by atoms with Gasteiger partial charge in [-0.05, 0) is 44.6 Å². The predicted molar refractivity (Wildman–Crippen MR) is 125 cm³/mol. The van der Waals surface area contributed by atoms with Crippen molar-refractivity contribution in [2.45, 2.75) is 31.6 Å². The molecule has 30 heavy (non-hydrogen) atoms. The lowest BCUT2D eigenvalue weighted by Crippen LogP contribution is -2.44. The molecule has 0 saturated carbocycles. The summed E-state index contributed by atoms with van der Waals surface area (Å²) in [6.45, 7) is 2.17. The van der Waals surface area contributed by atoms with Gasteiger partial charge in [0, 0.05) is 39.3 Å². The van der Waals surface area contributed by atoms with Crippen LogP contribution in [0, 0.1) is 0 Å². The summed E-state index contributed by atoms with van der Waals surface area (Å²) in [7, 11) is 5.73. The summed E-state index contributed by atoms with van der Waals surface area (Å²) in [4.78, 5) is 7.72. The van der Waals surface area contributed by atoms with Gasteiger partial charge in [0.15, 0.2) is 5.96 Å². The Morgan fingerprint density at radius 3 is 2.57 bits per heavy atom. The van der Waals surface area contributed by atoms with Gasteiger partial charge in [-0.25, -0.2) is 0 Å². The number of ether oxygens (including phenoxy) is 1. The third-order valence-corrected chi connectivity index (χ3v) is 4.64. The average Bonchev–Trinajstić information content (AvgIpc) is 3.08. The Morgan fingerprint density at radius 2 is 1.97 bits per heavy atom. The van der Waals surface area contributed by atoms with E-state index in [0.717, 1.165) is 24.3 Å². The van der Waals surface area contributed by atoms with E-state index in [0.29, 0.717) is 38.6 Å². The molecule has 10 heteroatoms. The topological polar surface area (TPSA) is 52.1 Å². The second-order valence-corrected chi connectivity index (χ2v) is 7.56. The number of guanidine groups is 1. The van der Waals surface area contributed by atoms with Crippen molar-refractivity contribution in [3.8, 4) is 5.75 Å². The summed E-state index contributed by atoms with van der Waals surface area (Å²) in [6.07, 6.45) is -2.52. The average molecular weight is 543 g/mol. The fourth-order valence-electron chi connectivity index (χ4n) is 3.20. The molecule has 1 unspecified atom stereocenters. The van der Waals surface area contributed by atoms with E-state index in [1.807, 2.05) is 38.4 Å². The first kappa shape index (κ1) is 26.8. The zero-order valence-corrected chi connectivity index (χ0v) is 20.2. The molecule has 1 aromatic rings. The van der Waals surface area contributed by atoms with Crippen LogP contribution >= 0.6 is 24.0 Å². The lowest BCUT2D eigenvalue weighted by Gasteiger charge is -2.20. The first-order valence-electron chi connectivity index (χ1n) is 9.88. The zero-order valence-electron chi connectivity index (χ0n) is 17.8. The molecule has 6 nitrogen and oxygen atoms in total. The summed E-state index contributed by atoms with van der Waals surface area (Å²) in [5.74, 6) is 1.43. The number of likely N-dealkylation sites (tertiary alicyclic amines) is 1. The number of nitrogens with zero attached hydrogens (tertiary/aromatic N) is 3. The molecule has 1 saturated heterocycles. The monoisotopic (exact) mass is 543 g/mol. The molecule has 0 amide bonds. The van der Waals surface area contributed by atoms with Gasteiger partial charge in [-0.3, -0.25) is 9.89 Å². The molecule has 0 aliphatic carbocycles. The second-order valence-electron chi connectivity index (χ2n) is 7.56. The summed E-state index contributed by atoms with van der Waals surface area (Å²) in [6, 6.07) is 7.81. The van der Waals surface area contributed by atoms with Crippen LogP contribution in [-0.4, -0.2) is 81.9 Å². The van der Waals surface area contributed by atoms with Crippen molar-refractivity contribution in [3.05, 3.63) is 29.8 Å². The third-order valence-electron chi connectivity index (χ3n) is 4.64. The molecule has 1 heterocycles. The normalized spacial score (nSPS) is 17.7. The molecule has 1 atom stereocenters. The van der Waals surface area contributed by atoms with Crippen LogP contribution < -0.4 is 15.4 Å². The first-order chi connectivity index (χ1) is 13.7. The highest BCUT2D eigenvalue weighted by Crippen LogP contribution is 2.20. The van der Waals surface area contributed by atoms with E-state index >= 15 is 0 Å². The lowest BCUT2D eigenvalue weighted by atomic mass is 10.2. The minimum atomic E-state index is -4.16. The van der Waals surface area contributed by atoms with Crippen LogP contribution in [0.4, 0.5) is 13.2 Å². The number of benzene rings is 1. The highest BCUT2D eigenvalue weighted by atomic mass is 127. The van der Waals surface area contributed by atoms with E-state index in [4.69, 9.17) is 4.74 Å². The Morgan fingerprint density at radius 1 is 1.27 bits per heavy atom. The standard InChI is InChI=1S/C20H32F3N5O.HI/c1-24-19(26-17-9-11-28(14-17)15-20(21,22)23)25-13-16-5-7-18(8-6-16)29-12-4-10-27(2)3;/h5-8,17H,4,9-15H2,1-3H3,(H2,24,25,26);1H. The number of halogens is 4. The van der Waals surface area contributed by atoms with Crippen LogP contribution in [-0.2, 0) is 6.54 Å². The molecule has 0 bridgehead atoms.